The van der Waals surface area contributed by atoms with Crippen LogP contribution < -0.4 is 5.73 Å². The van der Waals surface area contributed by atoms with Crippen LogP contribution in [0.15, 0.2) is 29.2 Å². The van der Waals surface area contributed by atoms with Crippen LogP contribution in [-0.2, 0) is 6.54 Å². The molecule has 2 heterocycles. The summed E-state index contributed by atoms with van der Waals surface area (Å²) in [6.07, 6.45) is 5.01. The summed E-state index contributed by atoms with van der Waals surface area (Å²) in [6, 6.07) is 1.87. The van der Waals surface area contributed by atoms with Gasteiger partial charge in [-0.3, -0.25) is 5.10 Å². The molecule has 0 radical (unpaired) electrons. The average Bonchev–Trinajstić information content (AvgIpc) is 2.74. The second-order valence-electron chi connectivity index (χ2n) is 2.49. The third kappa shape index (κ3) is 1.02. The number of hydrogen-bond donors (Lipinski definition) is 2. The SMILES string of the molecule is NCc1cn[nH]c1-c1ccoc1. The molecule has 0 bridgehead atoms. The zero-order valence-electron chi connectivity index (χ0n) is 6.45. The van der Waals surface area contributed by atoms with Gasteiger partial charge in [-0.2, -0.15) is 5.10 Å². The molecule has 0 spiro atoms. The van der Waals surface area contributed by atoms with E-state index in [2.05, 4.69) is 10.2 Å². The summed E-state index contributed by atoms with van der Waals surface area (Å²) in [7, 11) is 0. The molecule has 0 aliphatic rings. The third-order valence-electron chi connectivity index (χ3n) is 1.75. The maximum atomic E-state index is 5.51. The highest BCUT2D eigenvalue weighted by Gasteiger charge is 2.05. The van der Waals surface area contributed by atoms with E-state index < -0.39 is 0 Å². The lowest BCUT2D eigenvalue weighted by Gasteiger charge is -1.94. The van der Waals surface area contributed by atoms with E-state index >= 15 is 0 Å². The van der Waals surface area contributed by atoms with Gasteiger partial charge in [0.05, 0.1) is 24.4 Å². The Labute approximate surface area is 69.4 Å². The quantitative estimate of drug-likeness (QED) is 0.697. The molecular formula is C8H9N3O. The molecule has 0 unspecified atom stereocenters. The lowest BCUT2D eigenvalue weighted by Crippen LogP contribution is -1.95. The van der Waals surface area contributed by atoms with Crippen LogP contribution in [-0.4, -0.2) is 10.2 Å². The molecule has 2 aromatic heterocycles. The summed E-state index contributed by atoms with van der Waals surface area (Å²) in [5.41, 5.74) is 8.42. The number of nitrogens with zero attached hydrogens (tertiary/aromatic N) is 1. The van der Waals surface area contributed by atoms with Gasteiger partial charge in [0.15, 0.2) is 0 Å². The summed E-state index contributed by atoms with van der Waals surface area (Å²) in [6.45, 7) is 0.483. The number of nitrogens with two attached hydrogens (primary N) is 1. The fraction of sp³-hybridized carbons (Fsp3) is 0.125. The minimum absolute atomic E-state index is 0.483. The van der Waals surface area contributed by atoms with Gasteiger partial charge in [-0.1, -0.05) is 0 Å². The molecule has 0 aromatic carbocycles. The second-order valence-corrected chi connectivity index (χ2v) is 2.49. The number of nitrogens with one attached hydrogen (secondary N) is 1. The Kier molecular flexibility index (Phi) is 1.68. The summed E-state index contributed by atoms with van der Waals surface area (Å²) < 4.78 is 4.95. The van der Waals surface area contributed by atoms with E-state index in [1.807, 2.05) is 6.07 Å². The maximum absolute atomic E-state index is 5.51. The molecule has 62 valence electrons. The Morgan fingerprint density at radius 1 is 1.58 bits per heavy atom. The molecule has 4 heteroatoms. The van der Waals surface area contributed by atoms with E-state index in [0.717, 1.165) is 16.8 Å². The molecule has 0 aliphatic carbocycles. The zero-order valence-corrected chi connectivity index (χ0v) is 6.45. The molecule has 12 heavy (non-hydrogen) atoms. The van der Waals surface area contributed by atoms with Crippen molar-refractivity contribution >= 4 is 0 Å². The van der Waals surface area contributed by atoms with Crippen LogP contribution in [0.5, 0.6) is 0 Å². The Hall–Kier alpha value is -1.55. The second kappa shape index (κ2) is 2.83. The predicted octanol–water partition coefficient (Wildman–Crippen LogP) is 1.13. The minimum atomic E-state index is 0.483. The molecule has 0 atom stereocenters. The predicted molar refractivity (Wildman–Crippen MR) is 44.2 cm³/mol. The smallest absolute Gasteiger partial charge is 0.0996 e. The fourth-order valence-corrected chi connectivity index (χ4v) is 1.12. The van der Waals surface area contributed by atoms with Crippen molar-refractivity contribution in [1.82, 2.24) is 10.2 Å². The molecular weight excluding hydrogens is 154 g/mol. The number of H-pyrrole nitrogens is 1. The number of aromatic amines is 1. The molecule has 3 N–H and O–H groups in total. The molecule has 2 aromatic rings. The molecule has 0 saturated heterocycles. The first kappa shape index (κ1) is 7.12. The Bertz CT molecular complexity index is 350. The Morgan fingerprint density at radius 2 is 2.50 bits per heavy atom. The van der Waals surface area contributed by atoms with Crippen LogP contribution in [0, 0.1) is 0 Å². The first-order chi connectivity index (χ1) is 5.92. The minimum Gasteiger partial charge on any atom is -0.472 e. The summed E-state index contributed by atoms with van der Waals surface area (Å²) in [4.78, 5) is 0. The van der Waals surface area contributed by atoms with E-state index in [4.69, 9.17) is 10.2 Å². The summed E-state index contributed by atoms with van der Waals surface area (Å²) >= 11 is 0. The summed E-state index contributed by atoms with van der Waals surface area (Å²) in [5, 5.41) is 6.77. The van der Waals surface area contributed by atoms with Gasteiger partial charge in [0.2, 0.25) is 0 Å². The van der Waals surface area contributed by atoms with E-state index in [0.29, 0.717) is 6.54 Å². The van der Waals surface area contributed by atoms with Gasteiger partial charge in [0, 0.05) is 17.7 Å². The van der Waals surface area contributed by atoms with Crippen molar-refractivity contribution in [2.24, 2.45) is 5.73 Å². The molecule has 0 amide bonds. The highest BCUT2D eigenvalue weighted by Crippen LogP contribution is 2.20. The van der Waals surface area contributed by atoms with Crippen LogP contribution in [0.1, 0.15) is 5.56 Å². The summed E-state index contributed by atoms with van der Waals surface area (Å²) in [5.74, 6) is 0. The maximum Gasteiger partial charge on any atom is 0.0996 e. The van der Waals surface area contributed by atoms with Crippen LogP contribution in [0.3, 0.4) is 0 Å². The molecule has 4 nitrogen and oxygen atoms in total. The average molecular weight is 163 g/mol. The van der Waals surface area contributed by atoms with Crippen molar-refractivity contribution in [3.63, 3.8) is 0 Å². The van der Waals surface area contributed by atoms with Crippen molar-refractivity contribution in [2.75, 3.05) is 0 Å². The van der Waals surface area contributed by atoms with Gasteiger partial charge >= 0.3 is 0 Å². The molecule has 0 fully saturated rings. The van der Waals surface area contributed by atoms with Gasteiger partial charge in [-0.25, -0.2) is 0 Å². The number of aromatic nitrogens is 2. The molecule has 0 saturated carbocycles. The van der Waals surface area contributed by atoms with Crippen LogP contribution >= 0.6 is 0 Å². The number of furan rings is 1. The Balaban J connectivity index is 2.46. The third-order valence-corrected chi connectivity index (χ3v) is 1.75. The zero-order chi connectivity index (χ0) is 8.39. The monoisotopic (exact) mass is 163 g/mol. The lowest BCUT2D eigenvalue weighted by atomic mass is 10.1. The number of rotatable bonds is 2. The number of hydrogen-bond acceptors (Lipinski definition) is 3. The topological polar surface area (TPSA) is 67.8 Å². The van der Waals surface area contributed by atoms with E-state index in [9.17, 15) is 0 Å². The highest BCUT2D eigenvalue weighted by atomic mass is 16.3. The van der Waals surface area contributed by atoms with Crippen molar-refractivity contribution < 1.29 is 4.42 Å². The van der Waals surface area contributed by atoms with E-state index in [1.54, 1.807) is 18.7 Å². The standard InChI is InChI=1S/C8H9N3O/c9-3-7-4-10-11-8(7)6-1-2-12-5-6/h1-2,4-5H,3,9H2,(H,10,11). The van der Waals surface area contributed by atoms with Crippen LogP contribution in [0.2, 0.25) is 0 Å². The normalized spacial score (nSPS) is 10.4. The molecule has 2 rings (SSSR count). The largest absolute Gasteiger partial charge is 0.472 e. The van der Waals surface area contributed by atoms with E-state index in [1.165, 1.54) is 0 Å². The van der Waals surface area contributed by atoms with Crippen molar-refractivity contribution in [2.45, 2.75) is 6.54 Å². The van der Waals surface area contributed by atoms with Crippen molar-refractivity contribution in [3.05, 3.63) is 30.4 Å². The van der Waals surface area contributed by atoms with E-state index in [-0.39, 0.29) is 0 Å². The van der Waals surface area contributed by atoms with Crippen LogP contribution in [0.25, 0.3) is 11.3 Å². The highest BCUT2D eigenvalue weighted by molar-refractivity contribution is 5.60. The first-order valence-electron chi connectivity index (χ1n) is 3.66. The Morgan fingerprint density at radius 3 is 3.17 bits per heavy atom. The molecule has 0 aliphatic heterocycles. The van der Waals surface area contributed by atoms with Gasteiger partial charge < -0.3 is 10.2 Å². The van der Waals surface area contributed by atoms with Gasteiger partial charge in [0.1, 0.15) is 0 Å². The van der Waals surface area contributed by atoms with Gasteiger partial charge in [-0.15, -0.1) is 0 Å². The first-order valence-corrected chi connectivity index (χ1v) is 3.66. The van der Waals surface area contributed by atoms with Gasteiger partial charge in [0.25, 0.3) is 0 Å². The van der Waals surface area contributed by atoms with Crippen molar-refractivity contribution in [3.8, 4) is 11.3 Å². The van der Waals surface area contributed by atoms with Gasteiger partial charge in [-0.05, 0) is 6.07 Å². The van der Waals surface area contributed by atoms with Crippen molar-refractivity contribution in [1.29, 1.82) is 0 Å². The van der Waals surface area contributed by atoms with Crippen LogP contribution in [0.4, 0.5) is 0 Å². The fourth-order valence-electron chi connectivity index (χ4n) is 1.12. The lowest BCUT2D eigenvalue weighted by molar-refractivity contribution is 0.568.